The zero-order valence-corrected chi connectivity index (χ0v) is 6.96. The van der Waals surface area contributed by atoms with Crippen molar-refractivity contribution in [3.8, 4) is 12.3 Å². The molecule has 3 nitrogen and oxygen atoms in total. The number of aromatic nitrogens is 1. The van der Waals surface area contributed by atoms with Crippen molar-refractivity contribution >= 4 is 11.5 Å². The first-order valence-corrected chi connectivity index (χ1v) is 3.63. The number of nitrogens with two attached hydrogens (primary N) is 1. The molecule has 0 atom stereocenters. The highest BCUT2D eigenvalue weighted by Crippen LogP contribution is 2.14. The number of nitrogen functional groups attached to an aromatic ring is 1. The van der Waals surface area contributed by atoms with Gasteiger partial charge in [0.05, 0.1) is 12.2 Å². The van der Waals surface area contributed by atoms with Gasteiger partial charge in [-0.2, -0.15) is 0 Å². The van der Waals surface area contributed by atoms with Crippen LogP contribution >= 0.6 is 0 Å². The maximum absolute atomic E-state index is 5.67. The van der Waals surface area contributed by atoms with Crippen LogP contribution in [-0.4, -0.2) is 11.5 Å². The molecule has 0 aliphatic carbocycles. The van der Waals surface area contributed by atoms with E-state index < -0.39 is 0 Å². The van der Waals surface area contributed by atoms with Crippen LogP contribution in [0.5, 0.6) is 0 Å². The van der Waals surface area contributed by atoms with Crippen molar-refractivity contribution in [2.24, 2.45) is 0 Å². The van der Waals surface area contributed by atoms with Gasteiger partial charge in [-0.3, -0.25) is 0 Å². The fourth-order valence-electron chi connectivity index (χ4n) is 0.874. The minimum Gasteiger partial charge on any atom is -0.396 e. The smallest absolute Gasteiger partial charge is 0.149 e. The number of hydrogen-bond acceptors (Lipinski definition) is 3. The molecule has 0 aliphatic rings. The number of rotatable bonds is 2. The minimum absolute atomic E-state index is 0.445. The fourth-order valence-corrected chi connectivity index (χ4v) is 0.874. The summed E-state index contributed by atoms with van der Waals surface area (Å²) in [4.78, 5) is 4.08. The Morgan fingerprint density at radius 2 is 2.50 bits per heavy atom. The molecule has 1 aromatic rings. The molecular weight excluding hydrogens is 150 g/mol. The molecule has 0 fully saturated rings. The molecule has 3 heteroatoms. The van der Waals surface area contributed by atoms with Crippen LogP contribution in [0.15, 0.2) is 12.3 Å². The van der Waals surface area contributed by atoms with Gasteiger partial charge >= 0.3 is 0 Å². The summed E-state index contributed by atoms with van der Waals surface area (Å²) in [5.41, 5.74) is 7.34. The summed E-state index contributed by atoms with van der Waals surface area (Å²) in [7, 11) is 0. The maximum atomic E-state index is 5.67. The monoisotopic (exact) mass is 161 g/mol. The first kappa shape index (κ1) is 8.41. The van der Waals surface area contributed by atoms with Gasteiger partial charge in [0.15, 0.2) is 0 Å². The molecule has 0 spiro atoms. The summed E-state index contributed by atoms with van der Waals surface area (Å²) in [6, 6.07) is 1.85. The van der Waals surface area contributed by atoms with E-state index >= 15 is 0 Å². The first-order chi connectivity index (χ1) is 5.74. The highest BCUT2D eigenvalue weighted by molar-refractivity contribution is 5.61. The summed E-state index contributed by atoms with van der Waals surface area (Å²) in [5.74, 6) is 3.10. The van der Waals surface area contributed by atoms with Crippen molar-refractivity contribution in [1.82, 2.24) is 4.98 Å². The predicted octanol–water partition coefficient (Wildman–Crippen LogP) is 1.02. The molecule has 62 valence electrons. The number of nitrogens with zero attached hydrogens (tertiary/aromatic N) is 1. The normalized spacial score (nSPS) is 9.00. The van der Waals surface area contributed by atoms with E-state index in [-0.39, 0.29) is 0 Å². The molecule has 0 unspecified atom stereocenters. The van der Waals surface area contributed by atoms with Crippen LogP contribution < -0.4 is 11.1 Å². The lowest BCUT2D eigenvalue weighted by molar-refractivity contribution is 1.22. The van der Waals surface area contributed by atoms with E-state index in [1.807, 2.05) is 13.0 Å². The Morgan fingerprint density at radius 1 is 1.75 bits per heavy atom. The van der Waals surface area contributed by atoms with E-state index in [4.69, 9.17) is 12.2 Å². The molecule has 1 heterocycles. The Kier molecular flexibility index (Phi) is 2.54. The van der Waals surface area contributed by atoms with E-state index in [0.29, 0.717) is 18.1 Å². The van der Waals surface area contributed by atoms with Crippen molar-refractivity contribution in [2.45, 2.75) is 6.92 Å². The fraction of sp³-hybridized carbons (Fsp3) is 0.222. The van der Waals surface area contributed by atoms with Crippen molar-refractivity contribution in [3.05, 3.63) is 17.8 Å². The summed E-state index contributed by atoms with van der Waals surface area (Å²) in [6.45, 7) is 2.38. The lowest BCUT2D eigenvalue weighted by atomic mass is 10.3. The van der Waals surface area contributed by atoms with Crippen molar-refractivity contribution < 1.29 is 0 Å². The molecule has 0 amide bonds. The van der Waals surface area contributed by atoms with Gasteiger partial charge in [-0.15, -0.1) is 6.42 Å². The van der Waals surface area contributed by atoms with E-state index in [0.717, 1.165) is 5.56 Å². The highest BCUT2D eigenvalue weighted by atomic mass is 15.0. The van der Waals surface area contributed by atoms with Crippen molar-refractivity contribution in [3.63, 3.8) is 0 Å². The Labute approximate surface area is 72.0 Å². The predicted molar refractivity (Wildman–Crippen MR) is 50.7 cm³/mol. The summed E-state index contributed by atoms with van der Waals surface area (Å²) < 4.78 is 0. The summed E-state index contributed by atoms with van der Waals surface area (Å²) >= 11 is 0. The van der Waals surface area contributed by atoms with Gasteiger partial charge in [0.25, 0.3) is 0 Å². The largest absolute Gasteiger partial charge is 0.396 e. The van der Waals surface area contributed by atoms with Crippen LogP contribution in [0.4, 0.5) is 11.5 Å². The number of hydrogen-bond donors (Lipinski definition) is 2. The molecule has 0 saturated carbocycles. The van der Waals surface area contributed by atoms with E-state index in [1.54, 1.807) is 6.20 Å². The standard InChI is InChI=1S/C9H11N3/c1-3-4-11-9-8(10)5-7(2)6-12-9/h1,5-6H,4,10H2,2H3,(H,11,12). The van der Waals surface area contributed by atoms with Gasteiger partial charge in [-0.05, 0) is 18.6 Å². The average molecular weight is 161 g/mol. The Balaban J connectivity index is 2.81. The van der Waals surface area contributed by atoms with E-state index in [2.05, 4.69) is 16.2 Å². The van der Waals surface area contributed by atoms with Crippen molar-refractivity contribution in [2.75, 3.05) is 17.6 Å². The molecule has 1 aromatic heterocycles. The van der Waals surface area contributed by atoms with Crippen LogP contribution in [-0.2, 0) is 0 Å². The van der Waals surface area contributed by atoms with Crippen LogP contribution in [0, 0.1) is 19.3 Å². The molecule has 3 N–H and O–H groups in total. The minimum atomic E-state index is 0.445. The van der Waals surface area contributed by atoms with Crippen molar-refractivity contribution in [1.29, 1.82) is 0 Å². The first-order valence-electron chi connectivity index (χ1n) is 3.63. The van der Waals surface area contributed by atoms with Gasteiger partial charge in [0.2, 0.25) is 0 Å². The molecule has 12 heavy (non-hydrogen) atoms. The zero-order chi connectivity index (χ0) is 8.97. The molecule has 0 aromatic carbocycles. The van der Waals surface area contributed by atoms with Crippen LogP contribution in [0.1, 0.15) is 5.56 Å². The topological polar surface area (TPSA) is 50.9 Å². The molecule has 1 rings (SSSR count). The second-order valence-corrected chi connectivity index (χ2v) is 2.51. The number of anilines is 2. The van der Waals surface area contributed by atoms with Gasteiger partial charge in [0.1, 0.15) is 5.82 Å². The summed E-state index contributed by atoms with van der Waals surface area (Å²) in [6.07, 6.45) is 6.82. The van der Waals surface area contributed by atoms with Crippen LogP contribution in [0.3, 0.4) is 0 Å². The van der Waals surface area contributed by atoms with Gasteiger partial charge in [-0.1, -0.05) is 5.92 Å². The van der Waals surface area contributed by atoms with Crippen LogP contribution in [0.2, 0.25) is 0 Å². The van der Waals surface area contributed by atoms with E-state index in [1.165, 1.54) is 0 Å². The number of terminal acetylenes is 1. The lowest BCUT2D eigenvalue weighted by Crippen LogP contribution is -2.04. The Morgan fingerprint density at radius 3 is 3.08 bits per heavy atom. The quantitative estimate of drug-likeness (QED) is 0.637. The molecular formula is C9H11N3. The average Bonchev–Trinajstić information content (AvgIpc) is 2.03. The number of pyridine rings is 1. The number of aryl methyl sites for hydroxylation is 1. The third kappa shape index (κ3) is 1.89. The van der Waals surface area contributed by atoms with Gasteiger partial charge in [-0.25, -0.2) is 4.98 Å². The highest BCUT2D eigenvalue weighted by Gasteiger charge is 1.97. The Hall–Kier alpha value is -1.69. The van der Waals surface area contributed by atoms with Gasteiger partial charge in [0, 0.05) is 6.20 Å². The third-order valence-electron chi connectivity index (χ3n) is 1.41. The van der Waals surface area contributed by atoms with E-state index in [9.17, 15) is 0 Å². The molecule has 0 saturated heterocycles. The SMILES string of the molecule is C#CCNc1ncc(C)cc1N. The molecule has 0 radical (unpaired) electrons. The lowest BCUT2D eigenvalue weighted by Gasteiger charge is -2.04. The zero-order valence-electron chi connectivity index (χ0n) is 6.96. The maximum Gasteiger partial charge on any atom is 0.149 e. The van der Waals surface area contributed by atoms with Gasteiger partial charge < -0.3 is 11.1 Å². The van der Waals surface area contributed by atoms with Crippen LogP contribution in [0.25, 0.3) is 0 Å². The number of nitrogens with one attached hydrogen (secondary N) is 1. The second kappa shape index (κ2) is 3.63. The third-order valence-corrected chi connectivity index (χ3v) is 1.41. The molecule has 0 bridgehead atoms. The second-order valence-electron chi connectivity index (χ2n) is 2.51. The Bertz CT molecular complexity index is 312. The molecule has 0 aliphatic heterocycles. The summed E-state index contributed by atoms with van der Waals surface area (Å²) in [5, 5.41) is 2.92.